The number of thioether (sulfide) groups is 1. The molecule has 0 aliphatic heterocycles. The number of esters is 1. The maximum atomic E-state index is 12.6. The number of hydrogen-bond acceptors (Lipinski definition) is 8. The first-order valence-corrected chi connectivity index (χ1v) is 11.3. The number of anilines is 1. The normalized spacial score (nSPS) is 10.8. The number of rotatable bonds is 8. The molecule has 0 aliphatic rings. The van der Waals surface area contributed by atoms with Crippen molar-refractivity contribution in [1.29, 1.82) is 0 Å². The molecule has 1 N–H and O–H groups in total. The number of nitrogens with one attached hydrogen (secondary N) is 1. The van der Waals surface area contributed by atoms with Crippen molar-refractivity contribution in [2.45, 2.75) is 39.3 Å². The van der Waals surface area contributed by atoms with E-state index in [0.29, 0.717) is 15.7 Å². The molecular weight excluding hydrogens is 422 g/mol. The number of benzene rings is 1. The Bertz CT molecular complexity index is 1040. The zero-order valence-corrected chi connectivity index (χ0v) is 18.9. The molecule has 10 heteroatoms. The van der Waals surface area contributed by atoms with E-state index in [4.69, 9.17) is 4.74 Å². The number of nitrogens with zero attached hydrogens (tertiary/aromatic N) is 4. The Hall–Kier alpha value is -2.72. The summed E-state index contributed by atoms with van der Waals surface area (Å²) in [6, 6.07) is 7.73. The second-order valence-corrected chi connectivity index (χ2v) is 8.56. The monoisotopic (exact) mass is 445 g/mol. The fraction of sp³-hybridized carbons (Fsp3) is 0.350. The summed E-state index contributed by atoms with van der Waals surface area (Å²) >= 11 is 2.62. The molecule has 0 radical (unpaired) electrons. The maximum absolute atomic E-state index is 12.6. The molecule has 2 heterocycles. The number of tetrazole rings is 1. The maximum Gasteiger partial charge on any atom is 0.341 e. The van der Waals surface area contributed by atoms with Crippen LogP contribution in [0.3, 0.4) is 0 Å². The van der Waals surface area contributed by atoms with E-state index in [0.717, 1.165) is 28.1 Å². The third-order valence-corrected chi connectivity index (χ3v) is 6.42. The number of hydrogen-bond donors (Lipinski definition) is 1. The molecule has 0 saturated heterocycles. The van der Waals surface area contributed by atoms with Crippen LogP contribution in [0.1, 0.15) is 40.2 Å². The van der Waals surface area contributed by atoms with Gasteiger partial charge >= 0.3 is 5.97 Å². The smallest absolute Gasteiger partial charge is 0.341 e. The molecule has 1 amide bonds. The highest BCUT2D eigenvalue weighted by atomic mass is 32.2. The first-order chi connectivity index (χ1) is 14.4. The lowest BCUT2D eigenvalue weighted by molar-refractivity contribution is -0.113. The summed E-state index contributed by atoms with van der Waals surface area (Å²) in [7, 11) is 0. The molecule has 30 heavy (non-hydrogen) atoms. The molecule has 3 rings (SSSR count). The minimum Gasteiger partial charge on any atom is -0.462 e. The molecular formula is C20H23N5O3S2. The third kappa shape index (κ3) is 4.88. The molecule has 0 fully saturated rings. The summed E-state index contributed by atoms with van der Waals surface area (Å²) < 4.78 is 6.74. The van der Waals surface area contributed by atoms with Gasteiger partial charge in [0.25, 0.3) is 0 Å². The van der Waals surface area contributed by atoms with Gasteiger partial charge in [-0.1, -0.05) is 36.9 Å². The van der Waals surface area contributed by atoms with Gasteiger partial charge in [-0.25, -0.2) is 4.79 Å². The van der Waals surface area contributed by atoms with Gasteiger partial charge in [-0.05, 0) is 54.8 Å². The summed E-state index contributed by atoms with van der Waals surface area (Å²) in [6.07, 6.45) is 0.770. The average molecular weight is 446 g/mol. The molecule has 0 unspecified atom stereocenters. The first-order valence-electron chi connectivity index (χ1n) is 9.52. The second kappa shape index (κ2) is 9.86. The second-order valence-electron chi connectivity index (χ2n) is 6.48. The van der Waals surface area contributed by atoms with Gasteiger partial charge in [0.1, 0.15) is 5.00 Å². The molecule has 0 bridgehead atoms. The van der Waals surface area contributed by atoms with Crippen LogP contribution in [0, 0.1) is 13.8 Å². The van der Waals surface area contributed by atoms with E-state index in [2.05, 4.69) is 20.8 Å². The Labute approximate surface area is 183 Å². The molecule has 0 atom stereocenters. The summed E-state index contributed by atoms with van der Waals surface area (Å²) in [5.74, 6) is -0.575. The minimum atomic E-state index is -0.435. The van der Waals surface area contributed by atoms with Crippen LogP contribution in [0.25, 0.3) is 5.69 Å². The largest absolute Gasteiger partial charge is 0.462 e. The van der Waals surface area contributed by atoms with Gasteiger partial charge in [0, 0.05) is 4.88 Å². The Kier molecular flexibility index (Phi) is 7.22. The predicted octanol–water partition coefficient (Wildman–Crippen LogP) is 3.81. The van der Waals surface area contributed by atoms with Crippen LogP contribution in [0.2, 0.25) is 0 Å². The van der Waals surface area contributed by atoms with Crippen molar-refractivity contribution in [2.75, 3.05) is 17.7 Å². The number of aryl methyl sites for hydroxylation is 3. The lowest BCUT2D eigenvalue weighted by Gasteiger charge is -2.10. The van der Waals surface area contributed by atoms with Crippen LogP contribution in [-0.4, -0.2) is 44.4 Å². The average Bonchev–Trinajstić information content (AvgIpc) is 3.33. The molecule has 158 valence electrons. The van der Waals surface area contributed by atoms with Gasteiger partial charge in [-0.2, -0.15) is 4.68 Å². The van der Waals surface area contributed by atoms with Gasteiger partial charge in [-0.3, -0.25) is 4.79 Å². The van der Waals surface area contributed by atoms with Crippen LogP contribution in [0.15, 0.2) is 29.4 Å². The molecule has 1 aromatic carbocycles. The highest BCUT2D eigenvalue weighted by Crippen LogP contribution is 2.30. The van der Waals surface area contributed by atoms with E-state index < -0.39 is 5.97 Å². The highest BCUT2D eigenvalue weighted by molar-refractivity contribution is 7.99. The molecule has 0 saturated carbocycles. The van der Waals surface area contributed by atoms with Crippen LogP contribution >= 0.6 is 23.1 Å². The Morgan fingerprint density at radius 2 is 1.97 bits per heavy atom. The fourth-order valence-electron chi connectivity index (χ4n) is 2.91. The van der Waals surface area contributed by atoms with Crippen molar-refractivity contribution >= 4 is 40.0 Å². The van der Waals surface area contributed by atoms with E-state index in [1.165, 1.54) is 23.1 Å². The fourth-order valence-corrected chi connectivity index (χ4v) is 4.59. The molecule has 2 aromatic heterocycles. The van der Waals surface area contributed by atoms with Gasteiger partial charge in [0.15, 0.2) is 0 Å². The van der Waals surface area contributed by atoms with Crippen molar-refractivity contribution < 1.29 is 14.3 Å². The zero-order chi connectivity index (χ0) is 21.7. The summed E-state index contributed by atoms with van der Waals surface area (Å²) in [5.41, 5.74) is 3.37. The number of carbonyl (C=O) groups is 2. The van der Waals surface area contributed by atoms with Crippen LogP contribution in [0.4, 0.5) is 5.00 Å². The Morgan fingerprint density at radius 3 is 2.63 bits per heavy atom. The number of thiophene rings is 1. The van der Waals surface area contributed by atoms with Crippen LogP contribution in [0.5, 0.6) is 0 Å². The number of para-hydroxylation sites is 1. The molecule has 3 aromatic rings. The van der Waals surface area contributed by atoms with Crippen molar-refractivity contribution in [3.8, 4) is 5.69 Å². The Balaban J connectivity index is 1.72. The van der Waals surface area contributed by atoms with E-state index in [1.54, 1.807) is 17.7 Å². The van der Waals surface area contributed by atoms with Gasteiger partial charge in [0.05, 0.1) is 23.6 Å². The van der Waals surface area contributed by atoms with E-state index in [1.807, 2.05) is 39.0 Å². The number of ether oxygens (including phenoxy) is 1. The van der Waals surface area contributed by atoms with Gasteiger partial charge in [-0.15, -0.1) is 16.4 Å². The lowest BCUT2D eigenvalue weighted by atomic mass is 10.1. The lowest BCUT2D eigenvalue weighted by Crippen LogP contribution is -2.16. The molecule has 0 spiro atoms. The summed E-state index contributed by atoms with van der Waals surface area (Å²) in [6.45, 7) is 8.00. The van der Waals surface area contributed by atoms with Crippen LogP contribution < -0.4 is 5.32 Å². The number of amides is 1. The van der Waals surface area contributed by atoms with Crippen molar-refractivity contribution in [1.82, 2.24) is 20.2 Å². The van der Waals surface area contributed by atoms with Crippen molar-refractivity contribution in [2.24, 2.45) is 0 Å². The quantitative estimate of drug-likeness (QED) is 0.416. The predicted molar refractivity (Wildman–Crippen MR) is 118 cm³/mol. The van der Waals surface area contributed by atoms with E-state index in [-0.39, 0.29) is 18.3 Å². The SMILES string of the molecule is CCOC(=O)c1cc(CC)sc1NC(=O)CSc1nnnn1-c1c(C)cccc1C. The molecule has 8 nitrogen and oxygen atoms in total. The Morgan fingerprint density at radius 1 is 1.23 bits per heavy atom. The third-order valence-electron chi connectivity index (χ3n) is 4.30. The first kappa shape index (κ1) is 22.0. The van der Waals surface area contributed by atoms with Crippen LogP contribution in [-0.2, 0) is 16.0 Å². The summed E-state index contributed by atoms with van der Waals surface area (Å²) in [5, 5.41) is 15.8. The highest BCUT2D eigenvalue weighted by Gasteiger charge is 2.20. The van der Waals surface area contributed by atoms with E-state index >= 15 is 0 Å². The van der Waals surface area contributed by atoms with Gasteiger partial charge < -0.3 is 10.1 Å². The standard InChI is InChI=1S/C20H23N5O3S2/c1-5-14-10-15(19(27)28-6-2)18(30-14)21-16(26)11-29-20-22-23-24-25(20)17-12(3)8-7-9-13(17)4/h7-10H,5-6,11H2,1-4H3,(H,21,26). The van der Waals surface area contributed by atoms with Gasteiger partial charge in [0.2, 0.25) is 11.1 Å². The number of aromatic nitrogens is 4. The number of carbonyl (C=O) groups excluding carboxylic acids is 2. The zero-order valence-electron chi connectivity index (χ0n) is 17.3. The molecule has 0 aliphatic carbocycles. The van der Waals surface area contributed by atoms with Crippen molar-refractivity contribution in [3.05, 3.63) is 45.8 Å². The summed E-state index contributed by atoms with van der Waals surface area (Å²) in [4.78, 5) is 25.7. The van der Waals surface area contributed by atoms with E-state index in [9.17, 15) is 9.59 Å². The minimum absolute atomic E-state index is 0.104. The van der Waals surface area contributed by atoms with Crippen molar-refractivity contribution in [3.63, 3.8) is 0 Å². The topological polar surface area (TPSA) is 99.0 Å².